The largest absolute Gasteiger partial charge is 0.324 e. The Morgan fingerprint density at radius 2 is 1.67 bits per heavy atom. The van der Waals surface area contributed by atoms with Crippen molar-refractivity contribution in [3.8, 4) is 0 Å². The number of sulfonamides is 1. The number of nitrogens with one attached hydrogen (secondary N) is 1. The van der Waals surface area contributed by atoms with E-state index in [1.54, 1.807) is 23.5 Å². The SMILES string of the molecule is Cc1cc(NN)cc(C)c1S(=O)(=O)N(C)C1CCCCC1. The molecular weight excluding hydrogens is 286 g/mol. The Hall–Kier alpha value is -1.11. The predicted molar refractivity (Wildman–Crippen MR) is 85.5 cm³/mol. The van der Waals surface area contributed by atoms with Crippen LogP contribution in [0.25, 0.3) is 0 Å². The number of aryl methyl sites for hydroxylation is 2. The summed E-state index contributed by atoms with van der Waals surface area (Å²) in [4.78, 5) is 0.412. The number of hydrogen-bond acceptors (Lipinski definition) is 4. The smallest absolute Gasteiger partial charge is 0.243 e. The van der Waals surface area contributed by atoms with Crippen molar-refractivity contribution in [2.75, 3.05) is 12.5 Å². The molecule has 0 heterocycles. The third kappa shape index (κ3) is 3.22. The van der Waals surface area contributed by atoms with Crippen molar-refractivity contribution < 1.29 is 8.42 Å². The minimum atomic E-state index is -3.46. The van der Waals surface area contributed by atoms with Crippen molar-refractivity contribution in [3.63, 3.8) is 0 Å². The van der Waals surface area contributed by atoms with E-state index < -0.39 is 10.0 Å². The fraction of sp³-hybridized carbons (Fsp3) is 0.600. The molecule has 118 valence electrons. The molecule has 21 heavy (non-hydrogen) atoms. The molecule has 0 saturated heterocycles. The van der Waals surface area contributed by atoms with E-state index in [9.17, 15) is 8.42 Å². The molecule has 0 aromatic heterocycles. The van der Waals surface area contributed by atoms with Crippen molar-refractivity contribution >= 4 is 15.7 Å². The first kappa shape index (κ1) is 16.3. The zero-order valence-corrected chi connectivity index (χ0v) is 13.8. The van der Waals surface area contributed by atoms with E-state index in [2.05, 4.69) is 5.43 Å². The summed E-state index contributed by atoms with van der Waals surface area (Å²) in [5.41, 5.74) is 4.75. The monoisotopic (exact) mass is 311 g/mol. The van der Waals surface area contributed by atoms with Gasteiger partial charge < -0.3 is 5.43 Å². The fourth-order valence-corrected chi connectivity index (χ4v) is 5.05. The highest BCUT2D eigenvalue weighted by Gasteiger charge is 2.31. The van der Waals surface area contributed by atoms with Crippen LogP contribution in [0, 0.1) is 13.8 Å². The van der Waals surface area contributed by atoms with E-state index in [1.165, 1.54) is 6.42 Å². The summed E-state index contributed by atoms with van der Waals surface area (Å²) in [7, 11) is -1.75. The summed E-state index contributed by atoms with van der Waals surface area (Å²) in [5, 5.41) is 0. The van der Waals surface area contributed by atoms with Gasteiger partial charge in [-0.1, -0.05) is 19.3 Å². The highest BCUT2D eigenvalue weighted by molar-refractivity contribution is 7.89. The molecular formula is C15H25N3O2S. The summed E-state index contributed by atoms with van der Waals surface area (Å²) in [6.45, 7) is 3.63. The molecule has 0 spiro atoms. The zero-order chi connectivity index (χ0) is 15.6. The van der Waals surface area contributed by atoms with Gasteiger partial charge in [0.1, 0.15) is 0 Å². The Kier molecular flexibility index (Phi) is 4.91. The number of nitrogen functional groups attached to an aromatic ring is 1. The van der Waals surface area contributed by atoms with E-state index in [0.29, 0.717) is 4.90 Å². The molecule has 0 bridgehead atoms. The third-order valence-electron chi connectivity index (χ3n) is 4.35. The van der Waals surface area contributed by atoms with Crippen molar-refractivity contribution in [2.24, 2.45) is 5.84 Å². The van der Waals surface area contributed by atoms with Gasteiger partial charge in [0.2, 0.25) is 10.0 Å². The van der Waals surface area contributed by atoms with Gasteiger partial charge in [0, 0.05) is 18.8 Å². The number of nitrogens with two attached hydrogens (primary N) is 1. The average Bonchev–Trinajstić information content (AvgIpc) is 2.46. The summed E-state index contributed by atoms with van der Waals surface area (Å²) in [6, 6.07) is 3.67. The van der Waals surface area contributed by atoms with Crippen LogP contribution >= 0.6 is 0 Å². The summed E-state index contributed by atoms with van der Waals surface area (Å²) < 4.78 is 27.5. The van der Waals surface area contributed by atoms with E-state index in [0.717, 1.165) is 42.5 Å². The Bertz CT molecular complexity index is 584. The topological polar surface area (TPSA) is 75.4 Å². The van der Waals surface area contributed by atoms with E-state index in [4.69, 9.17) is 5.84 Å². The zero-order valence-electron chi connectivity index (χ0n) is 13.0. The molecule has 2 rings (SSSR count). The lowest BCUT2D eigenvalue weighted by atomic mass is 9.96. The van der Waals surface area contributed by atoms with Crippen LogP contribution in [-0.4, -0.2) is 25.8 Å². The van der Waals surface area contributed by atoms with Crippen LogP contribution in [0.3, 0.4) is 0 Å². The van der Waals surface area contributed by atoms with E-state index >= 15 is 0 Å². The maximum atomic E-state index is 12.9. The molecule has 5 nitrogen and oxygen atoms in total. The van der Waals surface area contributed by atoms with Gasteiger partial charge in [-0.05, 0) is 49.9 Å². The standard InChI is InChI=1S/C15H25N3O2S/c1-11-9-13(17-16)10-12(2)15(11)21(19,20)18(3)14-7-5-4-6-8-14/h9-10,14,17H,4-8,16H2,1-3H3. The first-order valence-corrected chi connectivity index (χ1v) is 8.88. The molecule has 1 aliphatic carbocycles. The quantitative estimate of drug-likeness (QED) is 0.662. The molecule has 1 saturated carbocycles. The molecule has 0 radical (unpaired) electrons. The Morgan fingerprint density at radius 1 is 1.14 bits per heavy atom. The van der Waals surface area contributed by atoms with Crippen LogP contribution < -0.4 is 11.3 Å². The highest BCUT2D eigenvalue weighted by Crippen LogP contribution is 2.30. The van der Waals surface area contributed by atoms with Gasteiger partial charge in [-0.25, -0.2) is 8.42 Å². The minimum Gasteiger partial charge on any atom is -0.324 e. The Labute approximate surface area is 127 Å². The molecule has 1 fully saturated rings. The van der Waals surface area contributed by atoms with Gasteiger partial charge in [0.25, 0.3) is 0 Å². The maximum absolute atomic E-state index is 12.9. The first-order chi connectivity index (χ1) is 9.87. The molecule has 1 aromatic carbocycles. The number of hydrazine groups is 1. The molecule has 6 heteroatoms. The molecule has 1 aliphatic rings. The number of hydrogen-bond donors (Lipinski definition) is 2. The van der Waals surface area contributed by atoms with Gasteiger partial charge in [-0.15, -0.1) is 0 Å². The van der Waals surface area contributed by atoms with Gasteiger partial charge in [-0.3, -0.25) is 5.84 Å². The van der Waals surface area contributed by atoms with Crippen molar-refractivity contribution in [1.29, 1.82) is 0 Å². The second-order valence-electron chi connectivity index (χ2n) is 5.90. The minimum absolute atomic E-state index is 0.120. The molecule has 1 aromatic rings. The molecule has 0 aliphatic heterocycles. The van der Waals surface area contributed by atoms with Crippen LogP contribution in [-0.2, 0) is 10.0 Å². The summed E-state index contributed by atoms with van der Waals surface area (Å²) >= 11 is 0. The number of benzene rings is 1. The van der Waals surface area contributed by atoms with E-state index in [-0.39, 0.29) is 6.04 Å². The van der Waals surface area contributed by atoms with Gasteiger partial charge in [0.05, 0.1) is 4.90 Å². The lowest BCUT2D eigenvalue weighted by Gasteiger charge is -2.31. The van der Waals surface area contributed by atoms with Crippen molar-refractivity contribution in [2.45, 2.75) is 56.9 Å². The molecule has 0 amide bonds. The van der Waals surface area contributed by atoms with Gasteiger partial charge >= 0.3 is 0 Å². The van der Waals surface area contributed by atoms with Crippen LogP contribution in [0.1, 0.15) is 43.2 Å². The normalized spacial score (nSPS) is 17.2. The number of rotatable bonds is 4. The molecule has 0 atom stereocenters. The summed E-state index contributed by atoms with van der Waals surface area (Å²) in [6.07, 6.45) is 5.34. The number of nitrogens with zero attached hydrogens (tertiary/aromatic N) is 1. The lowest BCUT2D eigenvalue weighted by molar-refractivity contribution is 0.285. The van der Waals surface area contributed by atoms with Crippen molar-refractivity contribution in [3.05, 3.63) is 23.3 Å². The lowest BCUT2D eigenvalue weighted by Crippen LogP contribution is -2.38. The molecule has 0 unspecified atom stereocenters. The van der Waals surface area contributed by atoms with Gasteiger partial charge in [-0.2, -0.15) is 4.31 Å². The maximum Gasteiger partial charge on any atom is 0.243 e. The van der Waals surface area contributed by atoms with Crippen LogP contribution in [0.15, 0.2) is 17.0 Å². The third-order valence-corrected chi connectivity index (χ3v) is 6.57. The van der Waals surface area contributed by atoms with E-state index in [1.807, 2.05) is 13.8 Å². The summed E-state index contributed by atoms with van der Waals surface area (Å²) in [5.74, 6) is 5.41. The average molecular weight is 311 g/mol. The first-order valence-electron chi connectivity index (χ1n) is 7.44. The van der Waals surface area contributed by atoms with Crippen LogP contribution in [0.2, 0.25) is 0 Å². The second-order valence-corrected chi connectivity index (χ2v) is 7.83. The second kappa shape index (κ2) is 6.34. The fourth-order valence-electron chi connectivity index (χ4n) is 3.23. The predicted octanol–water partition coefficient (Wildman–Crippen LogP) is 2.54. The van der Waals surface area contributed by atoms with Crippen LogP contribution in [0.4, 0.5) is 5.69 Å². The Morgan fingerprint density at radius 3 is 2.14 bits per heavy atom. The van der Waals surface area contributed by atoms with Crippen LogP contribution in [0.5, 0.6) is 0 Å². The highest BCUT2D eigenvalue weighted by atomic mass is 32.2. The van der Waals surface area contributed by atoms with Crippen molar-refractivity contribution in [1.82, 2.24) is 4.31 Å². The van der Waals surface area contributed by atoms with Gasteiger partial charge in [0.15, 0.2) is 0 Å². The number of anilines is 1. The molecule has 3 N–H and O–H groups in total. The Balaban J connectivity index is 2.39.